The van der Waals surface area contributed by atoms with Gasteiger partial charge in [0.2, 0.25) is 0 Å². The van der Waals surface area contributed by atoms with Crippen LogP contribution in [0.2, 0.25) is 5.02 Å². The van der Waals surface area contributed by atoms with Gasteiger partial charge in [-0.3, -0.25) is 4.68 Å². The number of hydrogen-bond donors (Lipinski definition) is 1. The van der Waals surface area contributed by atoms with Gasteiger partial charge in [0.25, 0.3) is 0 Å². The summed E-state index contributed by atoms with van der Waals surface area (Å²) in [7, 11) is 1.62. The topological polar surface area (TPSA) is 53.1 Å². The molecule has 4 nitrogen and oxygen atoms in total. The van der Waals surface area contributed by atoms with Crippen LogP contribution in [0.3, 0.4) is 0 Å². The van der Waals surface area contributed by atoms with Gasteiger partial charge in [0.05, 0.1) is 24.9 Å². The number of nitrogens with two attached hydrogens (primary N) is 1. The molecular formula is C11H12ClN3O. The van der Waals surface area contributed by atoms with Gasteiger partial charge in [-0.15, -0.1) is 0 Å². The van der Waals surface area contributed by atoms with Gasteiger partial charge < -0.3 is 10.5 Å². The number of hydrogen-bond acceptors (Lipinski definition) is 3. The molecule has 0 saturated carbocycles. The SMILES string of the molecule is COc1cc(N)ccc1Cn1cc(Cl)cn1. The molecule has 2 N–H and O–H groups in total. The van der Waals surface area contributed by atoms with Crippen LogP contribution in [0, 0.1) is 0 Å². The quantitative estimate of drug-likeness (QED) is 0.833. The third-order valence-corrected chi connectivity index (χ3v) is 2.44. The molecule has 2 aromatic rings. The maximum atomic E-state index is 5.79. The lowest BCUT2D eigenvalue weighted by molar-refractivity contribution is 0.407. The van der Waals surface area contributed by atoms with Gasteiger partial charge in [-0.05, 0) is 6.07 Å². The van der Waals surface area contributed by atoms with Crippen molar-refractivity contribution in [3.8, 4) is 5.75 Å². The minimum absolute atomic E-state index is 0.607. The van der Waals surface area contributed by atoms with Gasteiger partial charge in [-0.1, -0.05) is 17.7 Å². The Labute approximate surface area is 98.6 Å². The summed E-state index contributed by atoms with van der Waals surface area (Å²) in [5.74, 6) is 0.756. The summed E-state index contributed by atoms with van der Waals surface area (Å²) in [6.45, 7) is 0.607. The molecule has 84 valence electrons. The molecular weight excluding hydrogens is 226 g/mol. The predicted octanol–water partition coefficient (Wildman–Crippen LogP) is 2.18. The standard InChI is InChI=1S/C11H12ClN3O/c1-16-11-4-10(13)3-2-8(11)6-15-7-9(12)5-14-15/h2-5,7H,6,13H2,1H3. The highest BCUT2D eigenvalue weighted by molar-refractivity contribution is 6.30. The van der Waals surface area contributed by atoms with E-state index in [2.05, 4.69) is 5.10 Å². The number of ether oxygens (including phenoxy) is 1. The molecule has 1 aromatic heterocycles. The summed E-state index contributed by atoms with van der Waals surface area (Å²) in [5, 5.41) is 4.73. The normalized spacial score (nSPS) is 10.4. The van der Waals surface area contributed by atoms with Crippen LogP contribution in [0.5, 0.6) is 5.75 Å². The van der Waals surface area contributed by atoms with Crippen molar-refractivity contribution in [1.29, 1.82) is 0 Å². The smallest absolute Gasteiger partial charge is 0.125 e. The second kappa shape index (κ2) is 4.45. The monoisotopic (exact) mass is 237 g/mol. The highest BCUT2D eigenvalue weighted by Crippen LogP contribution is 2.22. The average Bonchev–Trinajstić information content (AvgIpc) is 2.67. The Morgan fingerprint density at radius 1 is 1.50 bits per heavy atom. The molecule has 0 aliphatic rings. The number of benzene rings is 1. The van der Waals surface area contributed by atoms with E-state index < -0.39 is 0 Å². The van der Waals surface area contributed by atoms with Gasteiger partial charge in [-0.25, -0.2) is 0 Å². The molecule has 0 spiro atoms. The van der Waals surface area contributed by atoms with Gasteiger partial charge in [0.1, 0.15) is 5.75 Å². The largest absolute Gasteiger partial charge is 0.496 e. The Morgan fingerprint density at radius 2 is 2.31 bits per heavy atom. The minimum atomic E-state index is 0.607. The molecule has 0 unspecified atom stereocenters. The fourth-order valence-electron chi connectivity index (χ4n) is 1.49. The molecule has 0 aliphatic carbocycles. The minimum Gasteiger partial charge on any atom is -0.496 e. The van der Waals surface area contributed by atoms with E-state index in [-0.39, 0.29) is 0 Å². The molecule has 1 aromatic carbocycles. The second-order valence-electron chi connectivity index (χ2n) is 3.43. The highest BCUT2D eigenvalue weighted by atomic mass is 35.5. The number of nitrogen functional groups attached to an aromatic ring is 1. The predicted molar refractivity (Wildman–Crippen MR) is 63.7 cm³/mol. The molecule has 16 heavy (non-hydrogen) atoms. The van der Waals surface area contributed by atoms with Crippen LogP contribution in [-0.2, 0) is 6.54 Å². The molecule has 5 heteroatoms. The van der Waals surface area contributed by atoms with Crippen molar-refractivity contribution in [3.05, 3.63) is 41.2 Å². The first-order chi connectivity index (χ1) is 7.69. The van der Waals surface area contributed by atoms with E-state index in [0.717, 1.165) is 11.3 Å². The van der Waals surface area contributed by atoms with Crippen molar-refractivity contribution in [2.45, 2.75) is 6.54 Å². The third-order valence-electron chi connectivity index (χ3n) is 2.25. The summed E-state index contributed by atoms with van der Waals surface area (Å²) >= 11 is 5.79. The summed E-state index contributed by atoms with van der Waals surface area (Å²) in [6, 6.07) is 5.55. The lowest BCUT2D eigenvalue weighted by atomic mass is 10.2. The van der Waals surface area contributed by atoms with E-state index in [0.29, 0.717) is 17.3 Å². The van der Waals surface area contributed by atoms with E-state index in [1.165, 1.54) is 0 Å². The van der Waals surface area contributed by atoms with Gasteiger partial charge in [-0.2, -0.15) is 5.10 Å². The Hall–Kier alpha value is -1.68. The molecule has 2 rings (SSSR count). The van der Waals surface area contributed by atoms with Crippen LogP contribution >= 0.6 is 11.6 Å². The summed E-state index contributed by atoms with van der Waals surface area (Å²) < 4.78 is 7.00. The molecule has 1 heterocycles. The van der Waals surface area contributed by atoms with E-state index in [4.69, 9.17) is 22.1 Å². The second-order valence-corrected chi connectivity index (χ2v) is 3.86. The van der Waals surface area contributed by atoms with Crippen molar-refractivity contribution < 1.29 is 4.74 Å². The maximum Gasteiger partial charge on any atom is 0.125 e. The molecule has 0 fully saturated rings. The van der Waals surface area contributed by atoms with E-state index in [1.807, 2.05) is 12.1 Å². The number of nitrogens with zero attached hydrogens (tertiary/aromatic N) is 2. The van der Waals surface area contributed by atoms with E-state index >= 15 is 0 Å². The zero-order chi connectivity index (χ0) is 11.5. The fourth-order valence-corrected chi connectivity index (χ4v) is 1.65. The van der Waals surface area contributed by atoms with Gasteiger partial charge in [0, 0.05) is 23.5 Å². The van der Waals surface area contributed by atoms with Crippen LogP contribution in [0.15, 0.2) is 30.6 Å². The number of halogens is 1. The lowest BCUT2D eigenvalue weighted by Crippen LogP contribution is -2.02. The zero-order valence-electron chi connectivity index (χ0n) is 8.85. The van der Waals surface area contributed by atoms with Crippen LogP contribution in [0.4, 0.5) is 5.69 Å². The van der Waals surface area contributed by atoms with E-state index in [1.54, 1.807) is 30.3 Å². The molecule has 0 aliphatic heterocycles. The molecule has 0 amide bonds. The van der Waals surface area contributed by atoms with E-state index in [9.17, 15) is 0 Å². The van der Waals surface area contributed by atoms with Crippen molar-refractivity contribution in [1.82, 2.24) is 9.78 Å². The third kappa shape index (κ3) is 2.28. The number of rotatable bonds is 3. The zero-order valence-corrected chi connectivity index (χ0v) is 9.61. The van der Waals surface area contributed by atoms with Crippen LogP contribution in [0.25, 0.3) is 0 Å². The Morgan fingerprint density at radius 3 is 2.94 bits per heavy atom. The Balaban J connectivity index is 2.27. The van der Waals surface area contributed by atoms with Crippen LogP contribution in [-0.4, -0.2) is 16.9 Å². The fraction of sp³-hybridized carbons (Fsp3) is 0.182. The summed E-state index contributed by atoms with van der Waals surface area (Å²) in [5.41, 5.74) is 7.37. The first kappa shape index (κ1) is 10.8. The molecule has 0 saturated heterocycles. The van der Waals surface area contributed by atoms with Gasteiger partial charge >= 0.3 is 0 Å². The van der Waals surface area contributed by atoms with Crippen molar-refractivity contribution in [2.24, 2.45) is 0 Å². The highest BCUT2D eigenvalue weighted by Gasteiger charge is 2.05. The number of methoxy groups -OCH3 is 1. The van der Waals surface area contributed by atoms with Crippen LogP contribution in [0.1, 0.15) is 5.56 Å². The first-order valence-corrected chi connectivity index (χ1v) is 5.17. The number of aromatic nitrogens is 2. The van der Waals surface area contributed by atoms with Crippen LogP contribution < -0.4 is 10.5 Å². The summed E-state index contributed by atoms with van der Waals surface area (Å²) in [4.78, 5) is 0. The maximum absolute atomic E-state index is 5.79. The Kier molecular flexibility index (Phi) is 3.01. The first-order valence-electron chi connectivity index (χ1n) is 4.79. The van der Waals surface area contributed by atoms with Gasteiger partial charge in [0.15, 0.2) is 0 Å². The summed E-state index contributed by atoms with van der Waals surface area (Å²) in [6.07, 6.45) is 3.36. The average molecular weight is 238 g/mol. The molecule has 0 atom stereocenters. The molecule has 0 bridgehead atoms. The Bertz CT molecular complexity index is 496. The van der Waals surface area contributed by atoms with Crippen molar-refractivity contribution >= 4 is 17.3 Å². The van der Waals surface area contributed by atoms with Crippen molar-refractivity contribution in [3.63, 3.8) is 0 Å². The van der Waals surface area contributed by atoms with Crippen molar-refractivity contribution in [2.75, 3.05) is 12.8 Å². The number of anilines is 1. The lowest BCUT2D eigenvalue weighted by Gasteiger charge is -2.09. The molecule has 0 radical (unpaired) electrons.